The third-order valence-corrected chi connectivity index (χ3v) is 2.75. The number of amides is 1. The fourth-order valence-corrected chi connectivity index (χ4v) is 1.34. The molecule has 1 amide bonds. The average molecular weight is 321 g/mol. The first kappa shape index (κ1) is 19.1. The van der Waals surface area contributed by atoms with E-state index in [0.29, 0.717) is 0 Å². The molecule has 0 aliphatic carbocycles. The Morgan fingerprint density at radius 2 is 1.67 bits per heavy atom. The normalized spacial score (nSPS) is 10.8. The van der Waals surface area contributed by atoms with Gasteiger partial charge in [-0.05, 0) is 6.42 Å². The molecule has 0 heterocycles. The number of esters is 2. The molecule has 21 heavy (non-hydrogen) atoms. The van der Waals surface area contributed by atoms with Gasteiger partial charge in [0, 0.05) is 12.2 Å². The van der Waals surface area contributed by atoms with Crippen molar-refractivity contribution in [1.82, 2.24) is 5.32 Å². The molecule has 0 fully saturated rings. The van der Waals surface area contributed by atoms with Gasteiger partial charge in [0.05, 0.1) is 0 Å². The number of nitrogens with one attached hydrogen (secondary N) is 1. The van der Waals surface area contributed by atoms with Crippen molar-refractivity contribution in [3.8, 4) is 0 Å². The summed E-state index contributed by atoms with van der Waals surface area (Å²) >= 11 is 0. The minimum Gasteiger partial charge on any atom is -0.460 e. The van der Waals surface area contributed by atoms with E-state index in [0.717, 1.165) is 12.2 Å². The molecule has 9 heteroatoms. The summed E-state index contributed by atoms with van der Waals surface area (Å²) in [5.74, 6) is -1.43. The van der Waals surface area contributed by atoms with Crippen molar-refractivity contribution in [2.45, 2.75) is 18.9 Å². The molecule has 118 valence electrons. The number of hydrogen-bond acceptors (Lipinski definition) is 6. The van der Waals surface area contributed by atoms with Gasteiger partial charge in [-0.2, -0.15) is 4.20 Å². The second-order valence-corrected chi connectivity index (χ2v) is 4.21. The predicted octanol–water partition coefficient (Wildman–Crippen LogP) is 1.80. The molecule has 0 aromatic heterocycles. The second-order valence-electron chi connectivity index (χ2n) is 3.85. The topological polar surface area (TPSA) is 90.9 Å². The Hall–Kier alpha value is -1.95. The van der Waals surface area contributed by atoms with Crippen molar-refractivity contribution in [3.63, 3.8) is 0 Å². The fourth-order valence-electron chi connectivity index (χ4n) is 1.22. The van der Waals surface area contributed by atoms with E-state index in [4.69, 9.17) is 9.47 Å². The first-order valence-corrected chi connectivity index (χ1v) is 6.64. The number of hydrogen-bond donors (Lipinski definition) is 1. The summed E-state index contributed by atoms with van der Waals surface area (Å²) in [6, 6.07) is 0. The van der Waals surface area contributed by atoms with E-state index < -0.39 is 32.7 Å². The van der Waals surface area contributed by atoms with Gasteiger partial charge in [-0.25, -0.2) is 14.4 Å². The standard InChI is InChI=1S/C12H17FNO6P/c1-4-9(15)18-7-12(6-3,8-19-10(16)5-2)14-11(17)20-21-13/h4-5,21H,1-2,6-8H2,3H3,(H,14,17). The van der Waals surface area contributed by atoms with Crippen molar-refractivity contribution in [3.05, 3.63) is 25.3 Å². The maximum Gasteiger partial charge on any atom is 0.412 e. The molecule has 1 unspecified atom stereocenters. The molecule has 0 spiro atoms. The molecule has 0 radical (unpaired) electrons. The predicted molar refractivity (Wildman–Crippen MR) is 74.4 cm³/mol. The van der Waals surface area contributed by atoms with Crippen molar-refractivity contribution >= 4 is 27.2 Å². The largest absolute Gasteiger partial charge is 0.460 e. The van der Waals surface area contributed by atoms with Crippen LogP contribution in [0.4, 0.5) is 8.99 Å². The lowest BCUT2D eigenvalue weighted by Crippen LogP contribution is -2.55. The zero-order chi connectivity index (χ0) is 16.3. The van der Waals surface area contributed by atoms with E-state index in [1.54, 1.807) is 6.92 Å². The number of halogens is 1. The van der Waals surface area contributed by atoms with Crippen molar-refractivity contribution in [1.29, 1.82) is 0 Å². The number of carbonyl (C=O) groups excluding carboxylic acids is 3. The molecular weight excluding hydrogens is 304 g/mol. The minimum absolute atomic E-state index is 0.229. The van der Waals surface area contributed by atoms with Crippen molar-refractivity contribution < 1.29 is 32.6 Å². The average Bonchev–Trinajstić information content (AvgIpc) is 2.49. The van der Waals surface area contributed by atoms with Crippen LogP contribution in [0.1, 0.15) is 13.3 Å². The number of carbonyl (C=O) groups is 3. The van der Waals surface area contributed by atoms with E-state index in [2.05, 4.69) is 23.0 Å². The highest BCUT2D eigenvalue weighted by molar-refractivity contribution is 7.26. The van der Waals surface area contributed by atoms with Gasteiger partial charge in [-0.15, -0.1) is 0 Å². The smallest absolute Gasteiger partial charge is 0.412 e. The summed E-state index contributed by atoms with van der Waals surface area (Å²) in [4.78, 5) is 33.6. The molecule has 0 aromatic carbocycles. The summed E-state index contributed by atoms with van der Waals surface area (Å²) in [7, 11) is -1.54. The summed E-state index contributed by atoms with van der Waals surface area (Å²) < 4.78 is 25.9. The van der Waals surface area contributed by atoms with Gasteiger partial charge in [-0.1, -0.05) is 20.1 Å². The van der Waals surface area contributed by atoms with E-state index in [1.807, 2.05) is 0 Å². The fraction of sp³-hybridized carbons (Fsp3) is 0.417. The Morgan fingerprint density at radius 3 is 2.00 bits per heavy atom. The van der Waals surface area contributed by atoms with Gasteiger partial charge < -0.3 is 19.3 Å². The SMILES string of the molecule is C=CC(=O)OCC(CC)(COC(=O)C=C)NC(=O)OPF. The maximum atomic E-state index is 12.0. The van der Waals surface area contributed by atoms with E-state index >= 15 is 0 Å². The molecule has 0 aliphatic rings. The maximum absolute atomic E-state index is 12.0. The number of rotatable bonds is 9. The van der Waals surface area contributed by atoms with Gasteiger partial charge in [0.15, 0.2) is 0 Å². The first-order valence-electron chi connectivity index (χ1n) is 5.86. The Bertz CT molecular complexity index is 391. The third-order valence-electron chi connectivity index (χ3n) is 2.49. The van der Waals surface area contributed by atoms with E-state index in [1.165, 1.54) is 0 Å². The molecular formula is C12H17FNO6P. The quantitative estimate of drug-likeness (QED) is 0.301. The summed E-state index contributed by atoms with van der Waals surface area (Å²) in [6.45, 7) is 7.51. The van der Waals surface area contributed by atoms with Crippen LogP contribution in [0.15, 0.2) is 25.3 Å². The van der Waals surface area contributed by atoms with Crippen LogP contribution in [0.5, 0.6) is 0 Å². The van der Waals surface area contributed by atoms with E-state index in [9.17, 15) is 18.6 Å². The number of ether oxygens (including phenoxy) is 2. The molecule has 7 nitrogen and oxygen atoms in total. The lowest BCUT2D eigenvalue weighted by molar-refractivity contribution is -0.144. The lowest BCUT2D eigenvalue weighted by Gasteiger charge is -2.31. The molecule has 1 N–H and O–H groups in total. The van der Waals surface area contributed by atoms with Gasteiger partial charge in [-0.3, -0.25) is 0 Å². The van der Waals surface area contributed by atoms with Gasteiger partial charge in [0.1, 0.15) is 18.8 Å². The van der Waals surface area contributed by atoms with Gasteiger partial charge >= 0.3 is 18.0 Å². The highest BCUT2D eigenvalue weighted by Crippen LogP contribution is 2.17. The molecule has 0 rings (SSSR count). The second kappa shape index (κ2) is 9.88. The Labute approximate surface area is 123 Å². The summed E-state index contributed by atoms with van der Waals surface area (Å²) in [5, 5.41) is 2.32. The van der Waals surface area contributed by atoms with Crippen molar-refractivity contribution in [2.24, 2.45) is 0 Å². The lowest BCUT2D eigenvalue weighted by atomic mass is 9.98. The summed E-state index contributed by atoms with van der Waals surface area (Å²) in [5.41, 5.74) is -1.24. The highest BCUT2D eigenvalue weighted by atomic mass is 31.1. The van der Waals surface area contributed by atoms with Crippen LogP contribution in [0.25, 0.3) is 0 Å². The molecule has 0 saturated carbocycles. The zero-order valence-electron chi connectivity index (χ0n) is 11.5. The minimum atomic E-state index is -1.54. The zero-order valence-corrected chi connectivity index (χ0v) is 12.5. The Morgan fingerprint density at radius 1 is 1.19 bits per heavy atom. The van der Waals surface area contributed by atoms with Gasteiger partial charge in [0.25, 0.3) is 9.12 Å². The molecule has 0 bridgehead atoms. The Kier molecular flexibility index (Phi) is 8.96. The Balaban J connectivity index is 4.92. The van der Waals surface area contributed by atoms with Crippen LogP contribution < -0.4 is 5.32 Å². The monoisotopic (exact) mass is 321 g/mol. The van der Waals surface area contributed by atoms with Crippen LogP contribution in [0, 0.1) is 0 Å². The van der Waals surface area contributed by atoms with Crippen LogP contribution in [-0.2, 0) is 23.6 Å². The van der Waals surface area contributed by atoms with Gasteiger partial charge in [0.2, 0.25) is 0 Å². The van der Waals surface area contributed by atoms with Crippen LogP contribution in [-0.4, -0.2) is 36.8 Å². The van der Waals surface area contributed by atoms with Crippen molar-refractivity contribution in [2.75, 3.05) is 13.2 Å². The molecule has 0 aliphatic heterocycles. The third kappa shape index (κ3) is 7.41. The highest BCUT2D eigenvalue weighted by Gasteiger charge is 2.34. The van der Waals surface area contributed by atoms with Crippen LogP contribution in [0.3, 0.4) is 0 Å². The van der Waals surface area contributed by atoms with Crippen LogP contribution in [0.2, 0.25) is 0 Å². The molecule has 0 saturated heterocycles. The van der Waals surface area contributed by atoms with E-state index in [-0.39, 0.29) is 19.6 Å². The molecule has 0 aromatic rings. The summed E-state index contributed by atoms with van der Waals surface area (Å²) in [6.07, 6.45) is 1.06. The molecule has 1 atom stereocenters. The van der Waals surface area contributed by atoms with Crippen LogP contribution >= 0.6 is 9.12 Å². The first-order chi connectivity index (χ1) is 9.92.